The zero-order valence-corrected chi connectivity index (χ0v) is 18.0. The van der Waals surface area contributed by atoms with Crippen LogP contribution in [0.1, 0.15) is 28.9 Å². The molecule has 164 valence electrons. The molecule has 0 spiro atoms. The van der Waals surface area contributed by atoms with Crippen LogP contribution in [0.25, 0.3) is 16.6 Å². The van der Waals surface area contributed by atoms with Crippen molar-refractivity contribution in [1.82, 2.24) is 24.5 Å². The number of carbonyl (C=O) groups is 1. The number of aromatic nitrogens is 4. The van der Waals surface area contributed by atoms with Gasteiger partial charge >= 0.3 is 0 Å². The summed E-state index contributed by atoms with van der Waals surface area (Å²) in [4.78, 5) is 19.7. The van der Waals surface area contributed by atoms with E-state index in [2.05, 4.69) is 25.6 Å². The van der Waals surface area contributed by atoms with Gasteiger partial charge in [0.15, 0.2) is 11.5 Å². The number of hydrogen-bond acceptors (Lipinski definition) is 5. The minimum absolute atomic E-state index is 0.238. The highest BCUT2D eigenvalue weighted by atomic mass is 19.1. The van der Waals surface area contributed by atoms with Gasteiger partial charge in [-0.25, -0.2) is 9.37 Å². The Morgan fingerprint density at radius 1 is 1.19 bits per heavy atom. The number of benzene rings is 1. The summed E-state index contributed by atoms with van der Waals surface area (Å²) in [5, 5.41) is 12.0. The lowest BCUT2D eigenvalue weighted by atomic mass is 10.1. The zero-order valence-electron chi connectivity index (χ0n) is 18.0. The molecule has 4 aromatic rings. The number of fused-ring (bicyclic) bond motifs is 4. The molecular formula is C23H24FN7O. The molecule has 2 N–H and O–H groups in total. The van der Waals surface area contributed by atoms with E-state index in [4.69, 9.17) is 0 Å². The molecule has 2 aliphatic rings. The number of piperazine rings is 1. The Bertz CT molecular complexity index is 1360. The van der Waals surface area contributed by atoms with Gasteiger partial charge in [-0.05, 0) is 31.9 Å². The maximum Gasteiger partial charge on any atom is 0.257 e. The molecular weight excluding hydrogens is 409 g/mol. The lowest BCUT2D eigenvalue weighted by Crippen LogP contribution is -2.51. The summed E-state index contributed by atoms with van der Waals surface area (Å²) in [6.07, 6.45) is 7.76. The Labute approximate surface area is 184 Å². The van der Waals surface area contributed by atoms with Crippen LogP contribution in [0.4, 0.5) is 15.8 Å². The van der Waals surface area contributed by atoms with Crippen molar-refractivity contribution < 1.29 is 9.18 Å². The third kappa shape index (κ3) is 3.12. The van der Waals surface area contributed by atoms with Crippen molar-refractivity contribution in [1.29, 1.82) is 0 Å². The summed E-state index contributed by atoms with van der Waals surface area (Å²) < 4.78 is 17.8. The van der Waals surface area contributed by atoms with Crippen molar-refractivity contribution in [3.05, 3.63) is 53.9 Å². The minimum Gasteiger partial charge on any atom is -0.368 e. The van der Waals surface area contributed by atoms with Crippen molar-refractivity contribution in [2.24, 2.45) is 7.05 Å². The molecule has 2 unspecified atom stereocenters. The van der Waals surface area contributed by atoms with Crippen molar-refractivity contribution in [3.63, 3.8) is 0 Å². The van der Waals surface area contributed by atoms with E-state index < -0.39 is 5.82 Å². The first-order chi connectivity index (χ1) is 15.4. The van der Waals surface area contributed by atoms with Gasteiger partial charge in [0.25, 0.3) is 5.91 Å². The van der Waals surface area contributed by atoms with Crippen LogP contribution in [0.2, 0.25) is 0 Å². The number of amides is 1. The molecule has 1 aromatic carbocycles. The molecule has 32 heavy (non-hydrogen) atoms. The highest BCUT2D eigenvalue weighted by molar-refractivity contribution is 6.13. The first-order valence-corrected chi connectivity index (χ1v) is 10.9. The average molecular weight is 433 g/mol. The first kappa shape index (κ1) is 19.2. The van der Waals surface area contributed by atoms with E-state index in [1.807, 2.05) is 25.4 Å². The number of carbonyl (C=O) groups excluding carboxylic acids is 1. The summed E-state index contributed by atoms with van der Waals surface area (Å²) in [6.45, 7) is 3.71. The van der Waals surface area contributed by atoms with Gasteiger partial charge < -0.3 is 19.9 Å². The van der Waals surface area contributed by atoms with E-state index in [9.17, 15) is 9.18 Å². The van der Waals surface area contributed by atoms with Crippen LogP contribution < -0.4 is 15.5 Å². The Balaban J connectivity index is 1.35. The lowest BCUT2D eigenvalue weighted by Gasteiger charge is -2.35. The van der Waals surface area contributed by atoms with E-state index in [1.54, 1.807) is 28.4 Å². The monoisotopic (exact) mass is 433 g/mol. The third-order valence-electron chi connectivity index (χ3n) is 6.45. The van der Waals surface area contributed by atoms with Crippen LogP contribution in [-0.2, 0) is 7.05 Å². The summed E-state index contributed by atoms with van der Waals surface area (Å²) >= 11 is 0. The topological polar surface area (TPSA) is 79.5 Å². The predicted molar refractivity (Wildman–Crippen MR) is 121 cm³/mol. The second-order valence-corrected chi connectivity index (χ2v) is 8.88. The Morgan fingerprint density at radius 2 is 1.97 bits per heavy atom. The van der Waals surface area contributed by atoms with Gasteiger partial charge in [0, 0.05) is 68.0 Å². The second kappa shape index (κ2) is 7.03. The fourth-order valence-electron chi connectivity index (χ4n) is 5.10. The molecule has 2 atom stereocenters. The molecule has 1 amide bonds. The number of aryl methyl sites for hydroxylation is 2. The number of halogens is 1. The van der Waals surface area contributed by atoms with E-state index in [1.165, 1.54) is 18.9 Å². The summed E-state index contributed by atoms with van der Waals surface area (Å²) in [7, 11) is 1.86. The molecule has 0 radical (unpaired) electrons. The summed E-state index contributed by atoms with van der Waals surface area (Å²) in [5.41, 5.74) is 3.52. The Morgan fingerprint density at radius 3 is 2.75 bits per heavy atom. The van der Waals surface area contributed by atoms with Gasteiger partial charge in [0.05, 0.1) is 16.9 Å². The van der Waals surface area contributed by atoms with Gasteiger partial charge in [0.2, 0.25) is 0 Å². The quantitative estimate of drug-likeness (QED) is 0.520. The largest absolute Gasteiger partial charge is 0.368 e. The minimum atomic E-state index is -0.484. The molecule has 0 aliphatic carbocycles. The van der Waals surface area contributed by atoms with Gasteiger partial charge in [-0.1, -0.05) is 0 Å². The van der Waals surface area contributed by atoms with Crippen LogP contribution in [0, 0.1) is 12.7 Å². The predicted octanol–water partition coefficient (Wildman–Crippen LogP) is 2.86. The van der Waals surface area contributed by atoms with Crippen molar-refractivity contribution in [2.75, 3.05) is 23.3 Å². The standard InChI is InChI=1S/C23H24FN7O/c1-13-8-31-11-16(7-19(24)22(31)25-13)27-23(32)17-5-6-20(18-12-29(2)28-21(17)18)30-9-14-3-4-15(10-30)26-14/h5-8,11-12,14-15,26H,3-4,9-10H2,1-2H3,(H,27,32). The Hall–Kier alpha value is -3.46. The number of hydrogen-bond donors (Lipinski definition) is 2. The lowest BCUT2D eigenvalue weighted by molar-refractivity contribution is 0.102. The molecule has 2 aliphatic heterocycles. The van der Waals surface area contributed by atoms with E-state index in [0.717, 1.165) is 24.2 Å². The van der Waals surface area contributed by atoms with Crippen LogP contribution in [0.3, 0.4) is 0 Å². The SMILES string of the molecule is Cc1cn2cc(NC(=O)c3ccc(N4CC5CCC(C4)N5)c4cn(C)nc34)cc(F)c2n1. The summed E-state index contributed by atoms with van der Waals surface area (Å²) in [6, 6.07) is 6.15. The molecule has 3 aromatic heterocycles. The molecule has 0 saturated carbocycles. The van der Waals surface area contributed by atoms with E-state index in [-0.39, 0.29) is 11.6 Å². The third-order valence-corrected chi connectivity index (χ3v) is 6.45. The maximum absolute atomic E-state index is 14.4. The fourth-order valence-corrected chi connectivity index (χ4v) is 5.10. The highest BCUT2D eigenvalue weighted by Crippen LogP contribution is 2.33. The summed E-state index contributed by atoms with van der Waals surface area (Å²) in [5.74, 6) is -0.807. The normalized spacial score (nSPS) is 20.4. The first-order valence-electron chi connectivity index (χ1n) is 10.9. The Kier molecular flexibility index (Phi) is 4.23. The van der Waals surface area contributed by atoms with Gasteiger partial charge in [-0.3, -0.25) is 9.48 Å². The average Bonchev–Trinajstić information content (AvgIpc) is 3.42. The molecule has 5 heterocycles. The van der Waals surface area contributed by atoms with Gasteiger partial charge in [0.1, 0.15) is 5.52 Å². The number of nitrogens with zero attached hydrogens (tertiary/aromatic N) is 5. The van der Waals surface area contributed by atoms with Crippen LogP contribution in [-0.4, -0.2) is 50.2 Å². The van der Waals surface area contributed by atoms with Gasteiger partial charge in [-0.15, -0.1) is 0 Å². The number of nitrogens with one attached hydrogen (secondary N) is 2. The van der Waals surface area contributed by atoms with Crippen LogP contribution >= 0.6 is 0 Å². The molecule has 8 nitrogen and oxygen atoms in total. The number of rotatable bonds is 3. The molecule has 2 saturated heterocycles. The molecule has 2 bridgehead atoms. The van der Waals surface area contributed by atoms with Crippen molar-refractivity contribution in [2.45, 2.75) is 31.8 Å². The fraction of sp³-hybridized carbons (Fsp3) is 0.348. The smallest absolute Gasteiger partial charge is 0.257 e. The molecule has 9 heteroatoms. The van der Waals surface area contributed by atoms with Crippen LogP contribution in [0.5, 0.6) is 0 Å². The van der Waals surface area contributed by atoms with Gasteiger partial charge in [-0.2, -0.15) is 5.10 Å². The second-order valence-electron chi connectivity index (χ2n) is 8.88. The molecule has 2 fully saturated rings. The zero-order chi connectivity index (χ0) is 22.0. The van der Waals surface area contributed by atoms with E-state index >= 15 is 0 Å². The molecule has 6 rings (SSSR count). The maximum atomic E-state index is 14.4. The van der Waals surface area contributed by atoms with Crippen LogP contribution in [0.15, 0.2) is 36.8 Å². The number of pyridine rings is 1. The van der Waals surface area contributed by atoms with E-state index in [0.29, 0.717) is 34.5 Å². The number of imidazole rings is 1. The van der Waals surface area contributed by atoms with Crippen molar-refractivity contribution in [3.8, 4) is 0 Å². The highest BCUT2D eigenvalue weighted by Gasteiger charge is 2.33. The number of anilines is 2. The van der Waals surface area contributed by atoms with Crippen molar-refractivity contribution >= 4 is 33.8 Å².